The fourth-order valence-corrected chi connectivity index (χ4v) is 3.82. The highest BCUT2D eigenvalue weighted by molar-refractivity contribution is 5.95. The number of hydrogen-bond donors (Lipinski definition) is 1. The van der Waals surface area contributed by atoms with E-state index in [4.69, 9.17) is 19.4 Å². The summed E-state index contributed by atoms with van der Waals surface area (Å²) in [7, 11) is 1.65. The average Bonchev–Trinajstić information content (AvgIpc) is 2.89. The highest BCUT2D eigenvalue weighted by atomic mass is 16.5. The molecule has 1 aromatic heterocycles. The van der Waals surface area contributed by atoms with Gasteiger partial charge in [-0.15, -0.1) is 0 Å². The molecule has 0 atom stereocenters. The summed E-state index contributed by atoms with van der Waals surface area (Å²) in [6.45, 7) is 2.40. The van der Waals surface area contributed by atoms with Crippen molar-refractivity contribution in [1.82, 2.24) is 14.9 Å². The molecule has 166 valence electrons. The van der Waals surface area contributed by atoms with Gasteiger partial charge in [-0.2, -0.15) is 0 Å². The van der Waals surface area contributed by atoms with Gasteiger partial charge >= 0.3 is 0 Å². The van der Waals surface area contributed by atoms with E-state index in [1.165, 1.54) is 0 Å². The largest absolute Gasteiger partial charge is 0.497 e. The molecule has 3 aromatic carbocycles. The first-order valence-electron chi connectivity index (χ1n) is 10.9. The van der Waals surface area contributed by atoms with Crippen LogP contribution in [0.1, 0.15) is 10.4 Å². The van der Waals surface area contributed by atoms with Gasteiger partial charge in [0, 0.05) is 35.3 Å². The lowest BCUT2D eigenvalue weighted by Crippen LogP contribution is -2.40. The van der Waals surface area contributed by atoms with Gasteiger partial charge in [0.1, 0.15) is 11.6 Å². The van der Waals surface area contributed by atoms with E-state index in [1.54, 1.807) is 7.11 Å². The van der Waals surface area contributed by atoms with Crippen molar-refractivity contribution in [3.05, 3.63) is 78.4 Å². The smallest absolute Gasteiger partial charge is 0.254 e. The maximum Gasteiger partial charge on any atom is 0.254 e. The number of aromatic nitrogens is 2. The van der Waals surface area contributed by atoms with E-state index < -0.39 is 0 Å². The number of carbonyl (C=O) groups excluding carboxylic acids is 1. The van der Waals surface area contributed by atoms with E-state index in [1.807, 2.05) is 77.7 Å². The van der Waals surface area contributed by atoms with Gasteiger partial charge in [-0.1, -0.05) is 24.3 Å². The second-order valence-corrected chi connectivity index (χ2v) is 7.75. The normalized spacial score (nSPS) is 13.7. The number of fused-ring (bicyclic) bond motifs is 1. The van der Waals surface area contributed by atoms with Crippen LogP contribution in [-0.4, -0.2) is 54.2 Å². The number of morpholine rings is 1. The Bertz CT molecular complexity index is 1270. The van der Waals surface area contributed by atoms with Crippen LogP contribution in [-0.2, 0) is 4.74 Å². The van der Waals surface area contributed by atoms with Crippen LogP contribution in [0.2, 0.25) is 0 Å². The molecule has 2 heterocycles. The lowest BCUT2D eigenvalue weighted by Gasteiger charge is -2.26. The third kappa shape index (κ3) is 4.49. The van der Waals surface area contributed by atoms with Gasteiger partial charge in [0.2, 0.25) is 0 Å². The molecule has 1 N–H and O–H groups in total. The topological polar surface area (TPSA) is 76.6 Å². The maximum absolute atomic E-state index is 12.7. The Morgan fingerprint density at radius 2 is 1.67 bits per heavy atom. The van der Waals surface area contributed by atoms with Gasteiger partial charge in [0.05, 0.1) is 25.8 Å². The molecule has 5 rings (SSSR count). The monoisotopic (exact) mass is 440 g/mol. The Balaban J connectivity index is 1.45. The minimum Gasteiger partial charge on any atom is -0.497 e. The van der Waals surface area contributed by atoms with Crippen molar-refractivity contribution in [2.24, 2.45) is 0 Å². The third-order valence-electron chi connectivity index (χ3n) is 5.64. The van der Waals surface area contributed by atoms with Crippen LogP contribution in [0.4, 0.5) is 11.5 Å². The van der Waals surface area contributed by atoms with E-state index in [-0.39, 0.29) is 5.91 Å². The Kier molecular flexibility index (Phi) is 5.87. The zero-order valence-electron chi connectivity index (χ0n) is 18.3. The number of carbonyl (C=O) groups is 1. The number of anilines is 2. The zero-order valence-corrected chi connectivity index (χ0v) is 18.3. The number of hydrogen-bond acceptors (Lipinski definition) is 6. The third-order valence-corrected chi connectivity index (χ3v) is 5.64. The molecular formula is C26H24N4O3. The van der Waals surface area contributed by atoms with Crippen molar-refractivity contribution in [1.29, 1.82) is 0 Å². The maximum atomic E-state index is 12.7. The number of para-hydroxylation sites is 1. The summed E-state index contributed by atoms with van der Waals surface area (Å²) in [6.07, 6.45) is 0. The molecule has 1 amide bonds. The zero-order chi connectivity index (χ0) is 22.6. The number of rotatable bonds is 5. The van der Waals surface area contributed by atoms with Crippen molar-refractivity contribution in [3.63, 3.8) is 0 Å². The number of nitrogens with one attached hydrogen (secondary N) is 1. The summed E-state index contributed by atoms with van der Waals surface area (Å²) in [4.78, 5) is 24.1. The highest BCUT2D eigenvalue weighted by Gasteiger charge is 2.18. The fraction of sp³-hybridized carbons (Fsp3) is 0.192. The van der Waals surface area contributed by atoms with Crippen LogP contribution in [0.5, 0.6) is 5.75 Å². The fourth-order valence-electron chi connectivity index (χ4n) is 3.82. The van der Waals surface area contributed by atoms with Crippen LogP contribution >= 0.6 is 0 Å². The van der Waals surface area contributed by atoms with Gasteiger partial charge in [-0.05, 0) is 48.5 Å². The predicted molar refractivity (Wildman–Crippen MR) is 128 cm³/mol. The molecule has 7 nitrogen and oxygen atoms in total. The molecule has 1 fully saturated rings. The molecule has 4 aromatic rings. The molecule has 0 unspecified atom stereocenters. The molecule has 1 aliphatic rings. The molecular weight excluding hydrogens is 416 g/mol. The lowest BCUT2D eigenvalue weighted by molar-refractivity contribution is 0.0303. The number of methoxy groups -OCH3 is 1. The van der Waals surface area contributed by atoms with Crippen LogP contribution in [0.25, 0.3) is 22.3 Å². The molecule has 33 heavy (non-hydrogen) atoms. The van der Waals surface area contributed by atoms with Crippen molar-refractivity contribution in [2.45, 2.75) is 0 Å². The van der Waals surface area contributed by atoms with Crippen LogP contribution in [0.3, 0.4) is 0 Å². The summed E-state index contributed by atoms with van der Waals surface area (Å²) in [5, 5.41) is 4.33. The first-order valence-corrected chi connectivity index (χ1v) is 10.9. The van der Waals surface area contributed by atoms with Crippen molar-refractivity contribution < 1.29 is 14.3 Å². The van der Waals surface area contributed by atoms with Gasteiger partial charge in [0.15, 0.2) is 5.82 Å². The molecule has 0 saturated carbocycles. The van der Waals surface area contributed by atoms with E-state index in [0.717, 1.165) is 27.9 Å². The second-order valence-electron chi connectivity index (χ2n) is 7.75. The number of amides is 1. The summed E-state index contributed by atoms with van der Waals surface area (Å²) in [5.41, 5.74) is 3.24. The average molecular weight is 441 g/mol. The Labute approximate surface area is 192 Å². The van der Waals surface area contributed by atoms with Gasteiger partial charge in [0.25, 0.3) is 5.91 Å². The SMILES string of the molecule is COc1ccc(Nc2nc(-c3ccc(C(=O)N4CCOCC4)cc3)nc3ccccc23)cc1. The molecule has 1 aliphatic heterocycles. The van der Waals surface area contributed by atoms with Crippen LogP contribution in [0, 0.1) is 0 Å². The quantitative estimate of drug-likeness (QED) is 0.492. The molecule has 1 saturated heterocycles. The Morgan fingerprint density at radius 1 is 0.939 bits per heavy atom. The van der Waals surface area contributed by atoms with E-state index >= 15 is 0 Å². The minimum absolute atomic E-state index is 0.0196. The van der Waals surface area contributed by atoms with Crippen LogP contribution < -0.4 is 10.1 Å². The number of nitrogens with zero attached hydrogens (tertiary/aromatic N) is 3. The van der Waals surface area contributed by atoms with Crippen molar-refractivity contribution >= 4 is 28.3 Å². The first kappa shape index (κ1) is 20.9. The Morgan fingerprint density at radius 3 is 2.39 bits per heavy atom. The summed E-state index contributed by atoms with van der Waals surface area (Å²) >= 11 is 0. The second kappa shape index (κ2) is 9.26. The molecule has 0 aliphatic carbocycles. The van der Waals surface area contributed by atoms with Crippen molar-refractivity contribution in [2.75, 3.05) is 38.7 Å². The van der Waals surface area contributed by atoms with Crippen molar-refractivity contribution in [3.8, 4) is 17.1 Å². The van der Waals surface area contributed by atoms with Gasteiger partial charge in [-0.25, -0.2) is 9.97 Å². The van der Waals surface area contributed by atoms with E-state index in [9.17, 15) is 4.79 Å². The molecule has 0 bridgehead atoms. The summed E-state index contributed by atoms with van der Waals surface area (Å²) in [5.74, 6) is 2.12. The van der Waals surface area contributed by atoms with E-state index in [2.05, 4.69) is 5.32 Å². The predicted octanol–water partition coefficient (Wildman–Crippen LogP) is 4.52. The Hall–Kier alpha value is -3.97. The standard InChI is InChI=1S/C26H24N4O3/c1-32-21-12-10-20(11-13-21)27-25-22-4-2-3-5-23(22)28-24(29-25)18-6-8-19(9-7-18)26(31)30-14-16-33-17-15-30/h2-13H,14-17H2,1H3,(H,27,28,29). The number of ether oxygens (including phenoxy) is 2. The van der Waals surface area contributed by atoms with Gasteiger partial charge < -0.3 is 19.7 Å². The molecule has 0 radical (unpaired) electrons. The lowest BCUT2D eigenvalue weighted by atomic mass is 10.1. The van der Waals surface area contributed by atoms with E-state index in [0.29, 0.717) is 43.5 Å². The summed E-state index contributed by atoms with van der Waals surface area (Å²) in [6, 6.07) is 23.0. The number of benzene rings is 3. The summed E-state index contributed by atoms with van der Waals surface area (Å²) < 4.78 is 10.6. The molecule has 7 heteroatoms. The molecule has 0 spiro atoms. The highest BCUT2D eigenvalue weighted by Crippen LogP contribution is 2.28. The van der Waals surface area contributed by atoms with Crippen LogP contribution in [0.15, 0.2) is 72.8 Å². The first-order chi connectivity index (χ1) is 16.2. The van der Waals surface area contributed by atoms with Gasteiger partial charge in [-0.3, -0.25) is 4.79 Å². The minimum atomic E-state index is 0.0196.